The highest BCUT2D eigenvalue weighted by molar-refractivity contribution is 4.73. The van der Waals surface area contributed by atoms with Crippen LogP contribution in [-0.4, -0.2) is 37.6 Å². The summed E-state index contributed by atoms with van der Waals surface area (Å²) in [5.41, 5.74) is 0.458. The summed E-state index contributed by atoms with van der Waals surface area (Å²) >= 11 is 0. The van der Waals surface area contributed by atoms with Crippen molar-refractivity contribution < 1.29 is 0 Å². The summed E-state index contributed by atoms with van der Waals surface area (Å²) in [4.78, 5) is 2.66. The minimum atomic E-state index is 0.458. The molecule has 19 heavy (non-hydrogen) atoms. The molecule has 1 heterocycles. The molecule has 1 unspecified atom stereocenters. The summed E-state index contributed by atoms with van der Waals surface area (Å²) in [5.74, 6) is 1.82. The molecular formula is C17H36N2. The number of hydrogen-bond acceptors (Lipinski definition) is 2. The lowest BCUT2D eigenvalue weighted by atomic mass is 9.89. The first-order valence-corrected chi connectivity index (χ1v) is 8.31. The van der Waals surface area contributed by atoms with Crippen molar-refractivity contribution >= 4 is 0 Å². The van der Waals surface area contributed by atoms with E-state index < -0.39 is 0 Å². The van der Waals surface area contributed by atoms with Crippen molar-refractivity contribution in [1.29, 1.82) is 0 Å². The zero-order chi connectivity index (χ0) is 14.3. The van der Waals surface area contributed by atoms with Gasteiger partial charge in [0.05, 0.1) is 0 Å². The van der Waals surface area contributed by atoms with Crippen molar-refractivity contribution in [2.24, 2.45) is 17.3 Å². The van der Waals surface area contributed by atoms with Crippen LogP contribution in [0, 0.1) is 17.3 Å². The average molecular weight is 268 g/mol. The lowest BCUT2D eigenvalue weighted by Crippen LogP contribution is -2.34. The molecule has 0 aromatic rings. The Hall–Kier alpha value is -0.0800. The second-order valence-corrected chi connectivity index (χ2v) is 7.84. The zero-order valence-electron chi connectivity index (χ0n) is 14.0. The number of hydrogen-bond donors (Lipinski definition) is 1. The molecule has 1 fully saturated rings. The highest BCUT2D eigenvalue weighted by atomic mass is 15.1. The molecular weight excluding hydrogens is 232 g/mol. The first kappa shape index (κ1) is 17.0. The Morgan fingerprint density at radius 3 is 2.47 bits per heavy atom. The van der Waals surface area contributed by atoms with Crippen LogP contribution in [0.2, 0.25) is 0 Å². The Kier molecular flexibility index (Phi) is 7.38. The first-order chi connectivity index (χ1) is 8.88. The van der Waals surface area contributed by atoms with E-state index in [-0.39, 0.29) is 0 Å². The minimum Gasteiger partial charge on any atom is -0.315 e. The third kappa shape index (κ3) is 7.94. The van der Waals surface area contributed by atoms with Gasteiger partial charge >= 0.3 is 0 Å². The molecule has 0 amide bonds. The van der Waals surface area contributed by atoms with Gasteiger partial charge in [0, 0.05) is 13.1 Å². The molecule has 0 bridgehead atoms. The maximum Gasteiger partial charge on any atom is 0.0107 e. The Morgan fingerprint density at radius 2 is 1.84 bits per heavy atom. The van der Waals surface area contributed by atoms with Gasteiger partial charge < -0.3 is 10.2 Å². The van der Waals surface area contributed by atoms with E-state index in [2.05, 4.69) is 44.8 Å². The summed E-state index contributed by atoms with van der Waals surface area (Å²) in [6.07, 6.45) is 5.50. The molecule has 1 rings (SSSR count). The Morgan fingerprint density at radius 1 is 1.11 bits per heavy atom. The van der Waals surface area contributed by atoms with Gasteiger partial charge in [-0.05, 0) is 62.6 Å². The van der Waals surface area contributed by atoms with Gasteiger partial charge in [-0.25, -0.2) is 0 Å². The normalized spacial score (nSPS) is 22.7. The number of nitrogens with one attached hydrogen (secondary N) is 1. The van der Waals surface area contributed by atoms with Crippen molar-refractivity contribution in [2.45, 2.75) is 60.3 Å². The second kappa shape index (κ2) is 8.26. The number of rotatable bonds is 6. The molecule has 2 heteroatoms. The van der Waals surface area contributed by atoms with Gasteiger partial charge in [0.15, 0.2) is 0 Å². The lowest BCUT2D eigenvalue weighted by molar-refractivity contribution is 0.268. The fourth-order valence-electron chi connectivity index (χ4n) is 2.90. The molecule has 1 N–H and O–H groups in total. The first-order valence-electron chi connectivity index (χ1n) is 8.31. The van der Waals surface area contributed by atoms with Crippen LogP contribution in [0.5, 0.6) is 0 Å². The van der Waals surface area contributed by atoms with Crippen LogP contribution in [0.1, 0.15) is 60.3 Å². The Labute approximate surface area is 121 Å². The molecule has 0 aromatic heterocycles. The van der Waals surface area contributed by atoms with Crippen molar-refractivity contribution in [3.8, 4) is 0 Å². The average Bonchev–Trinajstić information content (AvgIpc) is 2.52. The van der Waals surface area contributed by atoms with E-state index in [0.29, 0.717) is 5.41 Å². The van der Waals surface area contributed by atoms with Crippen molar-refractivity contribution in [1.82, 2.24) is 10.2 Å². The lowest BCUT2D eigenvalue weighted by Gasteiger charge is -2.22. The number of nitrogens with zero attached hydrogens (tertiary/aromatic N) is 1. The third-order valence-corrected chi connectivity index (χ3v) is 4.46. The van der Waals surface area contributed by atoms with Crippen LogP contribution in [0.25, 0.3) is 0 Å². The predicted molar refractivity (Wildman–Crippen MR) is 85.6 cm³/mol. The summed E-state index contributed by atoms with van der Waals surface area (Å²) in [5, 5.41) is 3.60. The molecule has 1 atom stereocenters. The van der Waals surface area contributed by atoms with Gasteiger partial charge in [0.1, 0.15) is 0 Å². The maximum atomic E-state index is 3.60. The van der Waals surface area contributed by atoms with Crippen LogP contribution >= 0.6 is 0 Å². The Bertz CT molecular complexity index is 230. The fourth-order valence-corrected chi connectivity index (χ4v) is 2.90. The summed E-state index contributed by atoms with van der Waals surface area (Å²) < 4.78 is 0. The fraction of sp³-hybridized carbons (Fsp3) is 1.00. The van der Waals surface area contributed by atoms with Gasteiger partial charge in [-0.15, -0.1) is 0 Å². The summed E-state index contributed by atoms with van der Waals surface area (Å²) in [6.45, 7) is 17.9. The molecule has 2 nitrogen and oxygen atoms in total. The van der Waals surface area contributed by atoms with Crippen LogP contribution < -0.4 is 5.32 Å². The van der Waals surface area contributed by atoms with E-state index in [1.54, 1.807) is 0 Å². The standard InChI is InChI=1S/C17H36N2/c1-15(2)16-7-6-12-19(13-8-16)14-11-18-10-9-17(3,4)5/h15-16,18H,6-14H2,1-5H3. The smallest absolute Gasteiger partial charge is 0.0107 e. The quantitative estimate of drug-likeness (QED) is 0.738. The van der Waals surface area contributed by atoms with Gasteiger partial charge in [0.25, 0.3) is 0 Å². The largest absolute Gasteiger partial charge is 0.315 e. The molecule has 1 aliphatic heterocycles. The minimum absolute atomic E-state index is 0.458. The zero-order valence-corrected chi connectivity index (χ0v) is 14.0. The van der Waals surface area contributed by atoms with Gasteiger partial charge in [-0.2, -0.15) is 0 Å². The van der Waals surface area contributed by atoms with Crippen LogP contribution in [-0.2, 0) is 0 Å². The van der Waals surface area contributed by atoms with Crippen molar-refractivity contribution in [3.63, 3.8) is 0 Å². The summed E-state index contributed by atoms with van der Waals surface area (Å²) in [7, 11) is 0. The topological polar surface area (TPSA) is 15.3 Å². The van der Waals surface area contributed by atoms with E-state index in [4.69, 9.17) is 0 Å². The molecule has 0 spiro atoms. The monoisotopic (exact) mass is 268 g/mol. The van der Waals surface area contributed by atoms with Gasteiger partial charge in [-0.3, -0.25) is 0 Å². The van der Waals surface area contributed by atoms with E-state index in [9.17, 15) is 0 Å². The third-order valence-electron chi connectivity index (χ3n) is 4.46. The molecule has 114 valence electrons. The van der Waals surface area contributed by atoms with Crippen LogP contribution in [0.3, 0.4) is 0 Å². The Balaban J connectivity index is 2.10. The molecule has 0 radical (unpaired) electrons. The maximum absolute atomic E-state index is 3.60. The highest BCUT2D eigenvalue weighted by Crippen LogP contribution is 2.24. The van der Waals surface area contributed by atoms with Crippen LogP contribution in [0.15, 0.2) is 0 Å². The number of likely N-dealkylation sites (tertiary alicyclic amines) is 1. The molecule has 1 saturated heterocycles. The SMILES string of the molecule is CC(C)C1CCCN(CCNCCC(C)(C)C)CC1. The summed E-state index contributed by atoms with van der Waals surface area (Å²) in [6, 6.07) is 0. The van der Waals surface area contributed by atoms with Crippen molar-refractivity contribution in [3.05, 3.63) is 0 Å². The second-order valence-electron chi connectivity index (χ2n) is 7.84. The van der Waals surface area contributed by atoms with Gasteiger partial charge in [-0.1, -0.05) is 34.6 Å². The molecule has 0 aliphatic carbocycles. The molecule has 0 saturated carbocycles. The van der Waals surface area contributed by atoms with E-state index >= 15 is 0 Å². The molecule has 0 aromatic carbocycles. The molecule has 1 aliphatic rings. The van der Waals surface area contributed by atoms with Gasteiger partial charge in [0.2, 0.25) is 0 Å². The predicted octanol–water partition coefficient (Wildman–Crippen LogP) is 3.77. The van der Waals surface area contributed by atoms with Crippen LogP contribution in [0.4, 0.5) is 0 Å². The van der Waals surface area contributed by atoms with E-state index in [1.807, 2.05) is 0 Å². The highest BCUT2D eigenvalue weighted by Gasteiger charge is 2.19. The van der Waals surface area contributed by atoms with E-state index in [0.717, 1.165) is 24.9 Å². The van der Waals surface area contributed by atoms with E-state index in [1.165, 1.54) is 45.3 Å². The van der Waals surface area contributed by atoms with Crippen molar-refractivity contribution in [2.75, 3.05) is 32.7 Å².